The Morgan fingerprint density at radius 1 is 0.854 bits per heavy atom. The largest absolute Gasteiger partial charge is 0.493 e. The fraction of sp³-hybridized carbons (Fsp3) is 0.0333. The van der Waals surface area contributed by atoms with Gasteiger partial charge < -0.3 is 9.47 Å². The first kappa shape index (κ1) is 29.1. The third kappa shape index (κ3) is 8.04. The van der Waals surface area contributed by atoms with Gasteiger partial charge in [0.05, 0.1) is 29.5 Å². The number of ether oxygens (including phenoxy) is 2. The third-order valence-electron chi connectivity index (χ3n) is 5.53. The SMILES string of the molecule is COc1cc(/C=N/NC(=O)c2ccccc2NS(=O)(=O)c2ccc(Cl)cc2)ccc1OC(=O)/C=C/c1ccccc1. The number of nitrogens with zero attached hydrogens (tertiary/aromatic N) is 1. The summed E-state index contributed by atoms with van der Waals surface area (Å²) in [5.41, 5.74) is 3.91. The standard InChI is InChI=1S/C30H24ClN3O6S/c1-39-28-19-22(11-17-27(28)40-29(35)18-12-21-7-3-2-4-8-21)20-32-33-30(36)25-9-5-6-10-26(25)34-41(37,38)24-15-13-23(31)14-16-24/h2-20,34H,1H3,(H,33,36)/b18-12+,32-20+. The van der Waals surface area contributed by atoms with E-state index in [4.69, 9.17) is 21.1 Å². The number of anilines is 1. The van der Waals surface area contributed by atoms with E-state index in [2.05, 4.69) is 15.2 Å². The number of benzene rings is 4. The van der Waals surface area contributed by atoms with Crippen molar-refractivity contribution in [3.63, 3.8) is 0 Å². The van der Waals surface area contributed by atoms with Gasteiger partial charge in [0.2, 0.25) is 0 Å². The second-order valence-electron chi connectivity index (χ2n) is 8.38. The van der Waals surface area contributed by atoms with Crippen LogP contribution >= 0.6 is 11.6 Å². The molecule has 41 heavy (non-hydrogen) atoms. The van der Waals surface area contributed by atoms with Gasteiger partial charge in [0, 0.05) is 11.1 Å². The van der Waals surface area contributed by atoms with Crippen LogP contribution in [-0.2, 0) is 14.8 Å². The van der Waals surface area contributed by atoms with Gasteiger partial charge in [0.1, 0.15) is 0 Å². The highest BCUT2D eigenvalue weighted by Gasteiger charge is 2.18. The smallest absolute Gasteiger partial charge is 0.336 e. The molecule has 0 saturated carbocycles. The molecule has 2 N–H and O–H groups in total. The van der Waals surface area contributed by atoms with Gasteiger partial charge in [0.15, 0.2) is 11.5 Å². The molecule has 0 atom stereocenters. The molecule has 0 aliphatic rings. The zero-order valence-corrected chi connectivity index (χ0v) is 23.2. The van der Waals surface area contributed by atoms with Gasteiger partial charge in [-0.1, -0.05) is 54.1 Å². The van der Waals surface area contributed by atoms with E-state index >= 15 is 0 Å². The van der Waals surface area contributed by atoms with E-state index in [0.29, 0.717) is 10.6 Å². The van der Waals surface area contributed by atoms with Crippen molar-refractivity contribution in [1.82, 2.24) is 5.43 Å². The summed E-state index contributed by atoms with van der Waals surface area (Å²) in [6.07, 6.45) is 4.31. The molecule has 0 bridgehead atoms. The van der Waals surface area contributed by atoms with Crippen LogP contribution in [0, 0.1) is 0 Å². The number of amides is 1. The minimum atomic E-state index is -3.97. The number of sulfonamides is 1. The Bertz CT molecular complexity index is 1710. The maximum atomic E-state index is 12.8. The Morgan fingerprint density at radius 2 is 1.56 bits per heavy atom. The molecule has 11 heteroatoms. The molecule has 0 aliphatic carbocycles. The maximum absolute atomic E-state index is 12.8. The molecule has 9 nitrogen and oxygen atoms in total. The van der Waals surface area contributed by atoms with Gasteiger partial charge in [-0.3, -0.25) is 9.52 Å². The molecule has 0 radical (unpaired) electrons. The van der Waals surface area contributed by atoms with E-state index in [0.717, 1.165) is 5.56 Å². The van der Waals surface area contributed by atoms with Crippen molar-refractivity contribution in [3.8, 4) is 11.5 Å². The third-order valence-corrected chi connectivity index (χ3v) is 7.16. The van der Waals surface area contributed by atoms with E-state index < -0.39 is 21.9 Å². The highest BCUT2D eigenvalue weighted by molar-refractivity contribution is 7.92. The van der Waals surface area contributed by atoms with Crippen LogP contribution in [0.4, 0.5) is 5.69 Å². The number of hydrogen-bond acceptors (Lipinski definition) is 7. The zero-order chi connectivity index (χ0) is 29.2. The summed E-state index contributed by atoms with van der Waals surface area (Å²) < 4.78 is 38.7. The zero-order valence-electron chi connectivity index (χ0n) is 21.7. The lowest BCUT2D eigenvalue weighted by molar-refractivity contribution is -0.129. The minimum absolute atomic E-state index is 0.00887. The fourth-order valence-electron chi connectivity index (χ4n) is 3.53. The minimum Gasteiger partial charge on any atom is -0.493 e. The summed E-state index contributed by atoms with van der Waals surface area (Å²) in [6, 6.07) is 25.8. The summed E-state index contributed by atoms with van der Waals surface area (Å²) in [7, 11) is -2.54. The molecule has 0 fully saturated rings. The van der Waals surface area contributed by atoms with Crippen molar-refractivity contribution < 1.29 is 27.5 Å². The first-order chi connectivity index (χ1) is 19.7. The molecule has 4 rings (SSSR count). The molecule has 4 aromatic rings. The van der Waals surface area contributed by atoms with Crippen LogP contribution in [0.1, 0.15) is 21.5 Å². The molecule has 1 amide bonds. The monoisotopic (exact) mass is 589 g/mol. The first-order valence-corrected chi connectivity index (χ1v) is 13.9. The van der Waals surface area contributed by atoms with Crippen molar-refractivity contribution in [3.05, 3.63) is 125 Å². The van der Waals surface area contributed by atoms with E-state index in [9.17, 15) is 18.0 Å². The lowest BCUT2D eigenvalue weighted by Gasteiger charge is -2.12. The number of carbonyl (C=O) groups is 2. The first-order valence-electron chi connectivity index (χ1n) is 12.1. The number of hydrazone groups is 1. The van der Waals surface area contributed by atoms with Crippen LogP contribution in [-0.4, -0.2) is 33.6 Å². The Morgan fingerprint density at radius 3 is 2.29 bits per heavy atom. The number of esters is 1. The second kappa shape index (κ2) is 13.4. The van der Waals surface area contributed by atoms with Crippen molar-refractivity contribution in [2.45, 2.75) is 4.90 Å². The fourth-order valence-corrected chi connectivity index (χ4v) is 4.74. The maximum Gasteiger partial charge on any atom is 0.336 e. The Kier molecular flexibility index (Phi) is 9.51. The quantitative estimate of drug-likeness (QED) is 0.0824. The molecule has 0 heterocycles. The lowest BCUT2D eigenvalue weighted by Crippen LogP contribution is -2.21. The van der Waals surface area contributed by atoms with Crippen LogP contribution in [0.5, 0.6) is 11.5 Å². The highest BCUT2D eigenvalue weighted by Crippen LogP contribution is 2.28. The van der Waals surface area contributed by atoms with Crippen LogP contribution < -0.4 is 19.6 Å². The van der Waals surface area contributed by atoms with Crippen molar-refractivity contribution in [2.24, 2.45) is 5.10 Å². The number of hydrogen-bond donors (Lipinski definition) is 2. The van der Waals surface area contributed by atoms with Crippen LogP contribution in [0.3, 0.4) is 0 Å². The van der Waals surface area contributed by atoms with E-state index in [1.165, 1.54) is 61.9 Å². The summed E-state index contributed by atoms with van der Waals surface area (Å²) in [6.45, 7) is 0. The average Bonchev–Trinajstić information content (AvgIpc) is 2.97. The van der Waals surface area contributed by atoms with Gasteiger partial charge >= 0.3 is 5.97 Å². The molecular weight excluding hydrogens is 566 g/mol. The van der Waals surface area contributed by atoms with Gasteiger partial charge in [-0.2, -0.15) is 5.10 Å². The number of nitrogens with one attached hydrogen (secondary N) is 2. The van der Waals surface area contributed by atoms with Crippen LogP contribution in [0.15, 0.2) is 113 Å². The lowest BCUT2D eigenvalue weighted by atomic mass is 10.2. The number of carbonyl (C=O) groups excluding carboxylic acids is 2. The Labute approximate surface area is 242 Å². The summed E-state index contributed by atoms with van der Waals surface area (Å²) in [5, 5.41) is 4.36. The summed E-state index contributed by atoms with van der Waals surface area (Å²) in [4.78, 5) is 25.1. The molecule has 208 valence electrons. The molecule has 0 saturated heterocycles. The molecule has 0 unspecified atom stereocenters. The summed E-state index contributed by atoms with van der Waals surface area (Å²) >= 11 is 5.85. The molecular formula is C30H24ClN3O6S. The molecule has 0 aromatic heterocycles. The van der Waals surface area contributed by atoms with Gasteiger partial charge in [-0.15, -0.1) is 0 Å². The molecule has 4 aromatic carbocycles. The van der Waals surface area contributed by atoms with Gasteiger partial charge in [0.25, 0.3) is 15.9 Å². The van der Waals surface area contributed by atoms with E-state index in [1.54, 1.807) is 30.3 Å². The number of halogens is 1. The molecule has 0 spiro atoms. The predicted octanol–water partition coefficient (Wildman–Crippen LogP) is 5.53. The van der Waals surface area contributed by atoms with Crippen LogP contribution in [0.2, 0.25) is 5.02 Å². The van der Waals surface area contributed by atoms with Crippen molar-refractivity contribution >= 4 is 51.5 Å². The predicted molar refractivity (Wildman–Crippen MR) is 158 cm³/mol. The summed E-state index contributed by atoms with van der Waals surface area (Å²) in [5.74, 6) is -0.730. The average molecular weight is 590 g/mol. The van der Waals surface area contributed by atoms with Crippen molar-refractivity contribution in [2.75, 3.05) is 11.8 Å². The number of para-hydroxylation sites is 1. The van der Waals surface area contributed by atoms with Gasteiger partial charge in [-0.25, -0.2) is 18.6 Å². The Hall–Kier alpha value is -4.93. The topological polar surface area (TPSA) is 123 Å². The van der Waals surface area contributed by atoms with Crippen LogP contribution in [0.25, 0.3) is 6.08 Å². The second-order valence-corrected chi connectivity index (χ2v) is 10.5. The molecule has 0 aliphatic heterocycles. The van der Waals surface area contributed by atoms with E-state index in [-0.39, 0.29) is 27.6 Å². The normalized spacial score (nSPS) is 11.4. The number of rotatable bonds is 10. The van der Waals surface area contributed by atoms with E-state index in [1.807, 2.05) is 30.3 Å². The number of methoxy groups -OCH3 is 1. The Balaban J connectivity index is 1.41. The van der Waals surface area contributed by atoms with Crippen molar-refractivity contribution in [1.29, 1.82) is 0 Å². The van der Waals surface area contributed by atoms with Gasteiger partial charge in [-0.05, 0) is 71.8 Å². The highest BCUT2D eigenvalue weighted by atomic mass is 35.5.